The van der Waals surface area contributed by atoms with Crippen molar-refractivity contribution in [1.82, 2.24) is 4.90 Å². The number of alkyl halides is 3. The minimum Gasteiger partial charge on any atom is -0.342 e. The van der Waals surface area contributed by atoms with Crippen molar-refractivity contribution in [1.29, 1.82) is 0 Å². The third kappa shape index (κ3) is 4.49. The van der Waals surface area contributed by atoms with Gasteiger partial charge < -0.3 is 4.90 Å². The van der Waals surface area contributed by atoms with Crippen LogP contribution in [0, 0.1) is 5.92 Å². The van der Waals surface area contributed by atoms with Crippen LogP contribution in [0.1, 0.15) is 44.1 Å². The lowest BCUT2D eigenvalue weighted by molar-refractivity contribution is -0.188. The summed E-state index contributed by atoms with van der Waals surface area (Å²) in [5.41, 5.74) is 1.15. The van der Waals surface area contributed by atoms with Gasteiger partial charge in [-0.1, -0.05) is 37.3 Å². The Kier molecular flexibility index (Phi) is 5.48. The first-order chi connectivity index (χ1) is 10.4. The highest BCUT2D eigenvalue weighted by molar-refractivity contribution is 5.76. The molecule has 2 nitrogen and oxygen atoms in total. The molecule has 0 aliphatic carbocycles. The molecule has 0 N–H and O–H groups in total. The summed E-state index contributed by atoms with van der Waals surface area (Å²) in [5.74, 6) is -1.29. The Morgan fingerprint density at radius 3 is 2.64 bits per heavy atom. The van der Waals surface area contributed by atoms with Gasteiger partial charge in [-0.05, 0) is 30.7 Å². The van der Waals surface area contributed by atoms with Crippen molar-refractivity contribution in [3.05, 3.63) is 35.9 Å². The Bertz CT molecular complexity index is 486. The van der Waals surface area contributed by atoms with Crippen molar-refractivity contribution in [2.75, 3.05) is 13.1 Å². The minimum absolute atomic E-state index is 0.133. The number of hydrogen-bond donors (Lipinski definition) is 0. The van der Waals surface area contributed by atoms with E-state index in [0.717, 1.165) is 5.56 Å². The molecule has 1 aliphatic heterocycles. The predicted octanol–water partition coefficient (Wildman–Crippen LogP) is 4.37. The fourth-order valence-corrected chi connectivity index (χ4v) is 2.92. The van der Waals surface area contributed by atoms with E-state index in [1.165, 1.54) is 4.90 Å². The van der Waals surface area contributed by atoms with Crippen LogP contribution >= 0.6 is 0 Å². The van der Waals surface area contributed by atoms with Crippen LogP contribution in [-0.2, 0) is 4.79 Å². The van der Waals surface area contributed by atoms with Gasteiger partial charge in [-0.25, -0.2) is 0 Å². The summed E-state index contributed by atoms with van der Waals surface area (Å²) < 4.78 is 38.3. The summed E-state index contributed by atoms with van der Waals surface area (Å²) >= 11 is 0. The van der Waals surface area contributed by atoms with Gasteiger partial charge in [0.05, 0.1) is 5.92 Å². The molecule has 1 aromatic carbocycles. The highest BCUT2D eigenvalue weighted by Gasteiger charge is 2.42. The zero-order chi connectivity index (χ0) is 16.2. The number of likely N-dealkylation sites (tertiary alicyclic amines) is 1. The number of carbonyl (C=O) groups is 1. The topological polar surface area (TPSA) is 20.3 Å². The average molecular weight is 313 g/mol. The standard InChI is InChI=1S/C17H22F3NO/c1-13(14-6-3-2-4-7-14)9-10-16(22)21-11-5-8-15(12-21)17(18,19)20/h2-4,6-7,13,15H,5,8-12H2,1H3/t13-,15-/m0/s1. The molecule has 2 rings (SSSR count). The molecule has 0 radical (unpaired) electrons. The number of amides is 1. The Labute approximate surface area is 129 Å². The zero-order valence-electron chi connectivity index (χ0n) is 12.8. The summed E-state index contributed by atoms with van der Waals surface area (Å²) in [6.07, 6.45) is -2.66. The van der Waals surface area contributed by atoms with Gasteiger partial charge in [-0.3, -0.25) is 4.79 Å². The van der Waals surface area contributed by atoms with E-state index in [0.29, 0.717) is 25.8 Å². The number of halogens is 3. The molecular formula is C17H22F3NO. The average Bonchev–Trinajstić information content (AvgIpc) is 2.52. The van der Waals surface area contributed by atoms with Crippen LogP contribution in [0.5, 0.6) is 0 Å². The van der Waals surface area contributed by atoms with Crippen LogP contribution in [0.2, 0.25) is 0 Å². The van der Waals surface area contributed by atoms with Gasteiger partial charge in [0.25, 0.3) is 0 Å². The highest BCUT2D eigenvalue weighted by atomic mass is 19.4. The number of piperidine rings is 1. The summed E-state index contributed by atoms with van der Waals surface area (Å²) in [5, 5.41) is 0. The highest BCUT2D eigenvalue weighted by Crippen LogP contribution is 2.33. The maximum Gasteiger partial charge on any atom is 0.393 e. The van der Waals surface area contributed by atoms with E-state index in [1.807, 2.05) is 37.3 Å². The molecule has 1 saturated heterocycles. The second-order valence-electron chi connectivity index (χ2n) is 6.07. The summed E-state index contributed by atoms with van der Waals surface area (Å²) in [7, 11) is 0. The molecule has 0 aromatic heterocycles. The molecule has 1 aromatic rings. The van der Waals surface area contributed by atoms with E-state index in [1.54, 1.807) is 0 Å². The first kappa shape index (κ1) is 16.8. The molecule has 1 aliphatic rings. The van der Waals surface area contributed by atoms with Gasteiger partial charge in [0, 0.05) is 19.5 Å². The monoisotopic (exact) mass is 313 g/mol. The molecule has 122 valence electrons. The molecule has 1 amide bonds. The molecule has 2 atom stereocenters. The molecule has 5 heteroatoms. The van der Waals surface area contributed by atoms with E-state index in [4.69, 9.17) is 0 Å². The first-order valence-electron chi connectivity index (χ1n) is 7.77. The van der Waals surface area contributed by atoms with Crippen molar-refractivity contribution in [2.45, 2.75) is 44.7 Å². The molecule has 1 heterocycles. The molecule has 22 heavy (non-hydrogen) atoms. The maximum atomic E-state index is 12.8. The summed E-state index contributed by atoms with van der Waals surface area (Å²) in [6, 6.07) is 9.86. The maximum absolute atomic E-state index is 12.8. The Hall–Kier alpha value is -1.52. The lowest BCUT2D eigenvalue weighted by Crippen LogP contribution is -2.44. The van der Waals surface area contributed by atoms with Gasteiger partial charge in [0.1, 0.15) is 0 Å². The van der Waals surface area contributed by atoms with Crippen molar-refractivity contribution >= 4 is 5.91 Å². The Morgan fingerprint density at radius 2 is 2.00 bits per heavy atom. The van der Waals surface area contributed by atoms with Crippen LogP contribution < -0.4 is 0 Å². The molecule has 1 fully saturated rings. The van der Waals surface area contributed by atoms with Crippen LogP contribution in [0.4, 0.5) is 13.2 Å². The number of nitrogens with zero attached hydrogens (tertiary/aromatic N) is 1. The number of rotatable bonds is 4. The van der Waals surface area contributed by atoms with Crippen molar-refractivity contribution in [2.24, 2.45) is 5.92 Å². The van der Waals surface area contributed by atoms with E-state index in [-0.39, 0.29) is 24.8 Å². The SMILES string of the molecule is C[C@@H](CCC(=O)N1CCC[C@H](C(F)(F)F)C1)c1ccccc1. The van der Waals surface area contributed by atoms with Crippen molar-refractivity contribution < 1.29 is 18.0 Å². The molecule has 0 unspecified atom stereocenters. The largest absolute Gasteiger partial charge is 0.393 e. The fourth-order valence-electron chi connectivity index (χ4n) is 2.92. The summed E-state index contributed by atoms with van der Waals surface area (Å²) in [4.78, 5) is 13.6. The van der Waals surface area contributed by atoms with E-state index >= 15 is 0 Å². The molecule has 0 bridgehead atoms. The van der Waals surface area contributed by atoms with Crippen LogP contribution in [-0.4, -0.2) is 30.1 Å². The smallest absolute Gasteiger partial charge is 0.342 e. The van der Waals surface area contributed by atoms with E-state index in [9.17, 15) is 18.0 Å². The number of hydrogen-bond acceptors (Lipinski definition) is 1. The number of benzene rings is 1. The van der Waals surface area contributed by atoms with Crippen LogP contribution in [0.15, 0.2) is 30.3 Å². The lowest BCUT2D eigenvalue weighted by Gasteiger charge is -2.34. The van der Waals surface area contributed by atoms with E-state index < -0.39 is 12.1 Å². The first-order valence-corrected chi connectivity index (χ1v) is 7.77. The minimum atomic E-state index is -4.20. The van der Waals surface area contributed by atoms with Gasteiger partial charge in [-0.15, -0.1) is 0 Å². The van der Waals surface area contributed by atoms with Gasteiger partial charge in [0.15, 0.2) is 0 Å². The molecule has 0 spiro atoms. The third-order valence-electron chi connectivity index (χ3n) is 4.40. The molecule has 0 saturated carbocycles. The number of carbonyl (C=O) groups excluding carboxylic acids is 1. The van der Waals surface area contributed by atoms with Crippen molar-refractivity contribution in [3.63, 3.8) is 0 Å². The Morgan fingerprint density at radius 1 is 1.32 bits per heavy atom. The summed E-state index contributed by atoms with van der Waals surface area (Å²) in [6.45, 7) is 2.31. The van der Waals surface area contributed by atoms with Gasteiger partial charge in [-0.2, -0.15) is 13.2 Å². The lowest BCUT2D eigenvalue weighted by atomic mass is 9.94. The quantitative estimate of drug-likeness (QED) is 0.808. The molecular weight excluding hydrogens is 291 g/mol. The van der Waals surface area contributed by atoms with E-state index in [2.05, 4.69) is 0 Å². The third-order valence-corrected chi connectivity index (χ3v) is 4.40. The normalized spacial score (nSPS) is 20.7. The van der Waals surface area contributed by atoms with Crippen LogP contribution in [0.25, 0.3) is 0 Å². The van der Waals surface area contributed by atoms with Crippen molar-refractivity contribution in [3.8, 4) is 0 Å². The predicted molar refractivity (Wildman–Crippen MR) is 79.5 cm³/mol. The Balaban J connectivity index is 1.84. The zero-order valence-corrected chi connectivity index (χ0v) is 12.8. The fraction of sp³-hybridized carbons (Fsp3) is 0.588. The van der Waals surface area contributed by atoms with Crippen LogP contribution in [0.3, 0.4) is 0 Å². The van der Waals surface area contributed by atoms with Gasteiger partial charge in [0.2, 0.25) is 5.91 Å². The van der Waals surface area contributed by atoms with Gasteiger partial charge >= 0.3 is 6.18 Å². The second kappa shape index (κ2) is 7.16. The second-order valence-corrected chi connectivity index (χ2v) is 6.07.